The van der Waals surface area contributed by atoms with Crippen LogP contribution in [0.2, 0.25) is 0 Å². The van der Waals surface area contributed by atoms with Gasteiger partial charge in [-0.3, -0.25) is 0 Å². The van der Waals surface area contributed by atoms with E-state index in [0.29, 0.717) is 0 Å². The molecule has 0 aliphatic carbocycles. The Morgan fingerprint density at radius 2 is 1.85 bits per heavy atom. The molecule has 0 aliphatic heterocycles. The molecule has 1 heteroatoms. The maximum Gasteiger partial charge on any atom is -0.00623 e. The minimum absolute atomic E-state index is 1.24. The molecule has 0 saturated heterocycles. The van der Waals surface area contributed by atoms with Crippen molar-refractivity contribution in [2.75, 3.05) is 0 Å². The van der Waals surface area contributed by atoms with Crippen molar-refractivity contribution >= 4 is 22.6 Å². The van der Waals surface area contributed by atoms with E-state index in [-0.39, 0.29) is 0 Å². The third-order valence-corrected chi connectivity index (χ3v) is 3.22. The van der Waals surface area contributed by atoms with E-state index in [1.54, 1.807) is 9.15 Å². The first-order chi connectivity index (χ1) is 6.26. The highest BCUT2D eigenvalue weighted by molar-refractivity contribution is 14.1. The topological polar surface area (TPSA) is 0 Å². The van der Waals surface area contributed by atoms with Crippen LogP contribution in [0, 0.1) is 0 Å². The van der Waals surface area contributed by atoms with Crippen LogP contribution in [0.3, 0.4) is 0 Å². The van der Waals surface area contributed by atoms with Crippen molar-refractivity contribution in [3.8, 4) is 0 Å². The largest absolute Gasteiger partial charge is 0.0874 e. The molecule has 0 nitrogen and oxygen atoms in total. The third kappa shape index (κ3) is 6.30. The van der Waals surface area contributed by atoms with Crippen LogP contribution in [0.15, 0.2) is 21.3 Å². The zero-order chi connectivity index (χ0) is 10.1. The highest BCUT2D eigenvalue weighted by Gasteiger charge is 1.99. The normalized spacial score (nSPS) is 13.5. The highest BCUT2D eigenvalue weighted by Crippen LogP contribution is 2.23. The molecule has 0 aromatic rings. The Hall–Kier alpha value is 0.210. The molecule has 0 radical (unpaired) electrons. The van der Waals surface area contributed by atoms with Gasteiger partial charge in [0, 0.05) is 0 Å². The van der Waals surface area contributed by atoms with Crippen molar-refractivity contribution in [2.45, 2.75) is 52.9 Å². The van der Waals surface area contributed by atoms with Crippen LogP contribution in [-0.2, 0) is 0 Å². The molecule has 0 bridgehead atoms. The fourth-order valence-electron chi connectivity index (χ4n) is 1.26. The van der Waals surface area contributed by atoms with Crippen LogP contribution in [0.4, 0.5) is 0 Å². The first-order valence-corrected chi connectivity index (χ1v) is 6.34. The molecule has 13 heavy (non-hydrogen) atoms. The Labute approximate surface area is 96.6 Å². The van der Waals surface area contributed by atoms with Crippen LogP contribution in [0.5, 0.6) is 0 Å². The molecule has 0 aromatic carbocycles. The first kappa shape index (κ1) is 13.2. The van der Waals surface area contributed by atoms with Gasteiger partial charge in [-0.15, -0.1) is 0 Å². The van der Waals surface area contributed by atoms with E-state index in [4.69, 9.17) is 0 Å². The molecule has 0 aliphatic rings. The van der Waals surface area contributed by atoms with Crippen LogP contribution >= 0.6 is 22.6 Å². The van der Waals surface area contributed by atoms with Gasteiger partial charge in [0.05, 0.1) is 0 Å². The fourth-order valence-corrected chi connectivity index (χ4v) is 2.25. The zero-order valence-electron chi connectivity index (χ0n) is 9.07. The lowest BCUT2D eigenvalue weighted by atomic mass is 10.1. The van der Waals surface area contributed by atoms with Crippen molar-refractivity contribution in [2.24, 2.45) is 0 Å². The molecule has 0 heterocycles. The molecular weight excluding hydrogens is 271 g/mol. The smallest absolute Gasteiger partial charge is 0.00623 e. The lowest BCUT2D eigenvalue weighted by molar-refractivity contribution is 0.790. The second-order valence-corrected chi connectivity index (χ2v) is 4.59. The number of hydrogen-bond donors (Lipinski definition) is 0. The highest BCUT2D eigenvalue weighted by atomic mass is 127. The maximum absolute atomic E-state index is 2.49. The summed E-state index contributed by atoms with van der Waals surface area (Å²) in [6, 6.07) is 0. The predicted molar refractivity (Wildman–Crippen MR) is 70.3 cm³/mol. The molecule has 0 rings (SSSR count). The van der Waals surface area contributed by atoms with Gasteiger partial charge < -0.3 is 0 Å². The van der Waals surface area contributed by atoms with Gasteiger partial charge >= 0.3 is 0 Å². The second-order valence-electron chi connectivity index (χ2n) is 3.28. The predicted octanol–water partition coefficient (Wildman–Crippen LogP) is 5.24. The van der Waals surface area contributed by atoms with Crippen LogP contribution in [0.1, 0.15) is 52.9 Å². The van der Waals surface area contributed by atoms with E-state index < -0.39 is 0 Å². The van der Waals surface area contributed by atoms with Crippen molar-refractivity contribution in [3.63, 3.8) is 0 Å². The quantitative estimate of drug-likeness (QED) is 0.464. The molecular formula is C12H21I. The van der Waals surface area contributed by atoms with Crippen molar-refractivity contribution in [1.82, 2.24) is 0 Å². The lowest BCUT2D eigenvalue weighted by Gasteiger charge is -2.05. The summed E-state index contributed by atoms with van der Waals surface area (Å²) in [6.07, 6.45) is 10.8. The van der Waals surface area contributed by atoms with Gasteiger partial charge in [0.15, 0.2) is 0 Å². The molecule has 0 fully saturated rings. The summed E-state index contributed by atoms with van der Waals surface area (Å²) in [7, 11) is 0. The number of hydrogen-bond acceptors (Lipinski definition) is 0. The number of halogens is 1. The van der Waals surface area contributed by atoms with E-state index in [9.17, 15) is 0 Å². The Morgan fingerprint density at radius 1 is 1.15 bits per heavy atom. The summed E-state index contributed by atoms with van der Waals surface area (Å²) in [5.74, 6) is 0. The number of unbranched alkanes of at least 4 members (excludes halogenated alkanes) is 1. The van der Waals surface area contributed by atoms with Crippen LogP contribution in [-0.4, -0.2) is 0 Å². The van der Waals surface area contributed by atoms with Gasteiger partial charge in [-0.1, -0.05) is 38.8 Å². The molecule has 0 aromatic heterocycles. The standard InChI is InChI=1S/C12H21I/c1-4-7-10-11(8-5-2)12(13)9-6-3/h5,8H,4,6-7,9-10H2,1-3H3/b8-5+,12-11+. The average molecular weight is 292 g/mol. The summed E-state index contributed by atoms with van der Waals surface area (Å²) in [4.78, 5) is 0. The third-order valence-electron chi connectivity index (χ3n) is 1.99. The molecule has 0 spiro atoms. The van der Waals surface area contributed by atoms with Crippen LogP contribution < -0.4 is 0 Å². The molecule has 0 unspecified atom stereocenters. The molecule has 0 amide bonds. The van der Waals surface area contributed by atoms with Gasteiger partial charge in [-0.25, -0.2) is 0 Å². The van der Waals surface area contributed by atoms with Gasteiger partial charge in [-0.05, 0) is 57.9 Å². The second kappa shape index (κ2) is 8.79. The van der Waals surface area contributed by atoms with E-state index in [0.717, 1.165) is 0 Å². The minimum atomic E-state index is 1.24. The monoisotopic (exact) mass is 292 g/mol. The number of rotatable bonds is 6. The number of allylic oxidation sites excluding steroid dienone is 4. The first-order valence-electron chi connectivity index (χ1n) is 5.26. The van der Waals surface area contributed by atoms with Gasteiger partial charge in [0.1, 0.15) is 0 Å². The van der Waals surface area contributed by atoms with Crippen molar-refractivity contribution < 1.29 is 0 Å². The summed E-state index contributed by atoms with van der Waals surface area (Å²) < 4.78 is 1.55. The van der Waals surface area contributed by atoms with E-state index in [1.807, 2.05) is 0 Å². The molecule has 76 valence electrons. The van der Waals surface area contributed by atoms with Crippen LogP contribution in [0.25, 0.3) is 0 Å². The van der Waals surface area contributed by atoms with E-state index in [1.165, 1.54) is 32.1 Å². The van der Waals surface area contributed by atoms with E-state index >= 15 is 0 Å². The Bertz CT molecular complexity index is 178. The van der Waals surface area contributed by atoms with Gasteiger partial charge in [0.2, 0.25) is 0 Å². The van der Waals surface area contributed by atoms with E-state index in [2.05, 4.69) is 55.5 Å². The Kier molecular flexibility index (Phi) is 8.93. The molecule has 0 atom stereocenters. The summed E-state index contributed by atoms with van der Waals surface area (Å²) in [6.45, 7) is 6.59. The summed E-state index contributed by atoms with van der Waals surface area (Å²) >= 11 is 2.49. The SMILES string of the molecule is C/C=C/C(CCCC)=C(\I)CCC. The summed E-state index contributed by atoms with van der Waals surface area (Å²) in [5.41, 5.74) is 1.55. The summed E-state index contributed by atoms with van der Waals surface area (Å²) in [5, 5.41) is 0. The molecule has 0 N–H and O–H groups in total. The zero-order valence-corrected chi connectivity index (χ0v) is 11.2. The van der Waals surface area contributed by atoms with Crippen molar-refractivity contribution in [1.29, 1.82) is 0 Å². The Balaban J connectivity index is 4.27. The molecule has 0 saturated carbocycles. The van der Waals surface area contributed by atoms with Gasteiger partial charge in [-0.2, -0.15) is 0 Å². The minimum Gasteiger partial charge on any atom is -0.0874 e. The van der Waals surface area contributed by atoms with Gasteiger partial charge in [0.25, 0.3) is 0 Å². The van der Waals surface area contributed by atoms with Crippen molar-refractivity contribution in [3.05, 3.63) is 21.3 Å². The fraction of sp³-hybridized carbons (Fsp3) is 0.667. The Morgan fingerprint density at radius 3 is 2.31 bits per heavy atom. The average Bonchev–Trinajstić information content (AvgIpc) is 2.12. The lowest BCUT2D eigenvalue weighted by Crippen LogP contribution is -1.84. The maximum atomic E-state index is 2.49.